The van der Waals surface area contributed by atoms with Crippen LogP contribution in [0.1, 0.15) is 110 Å². The summed E-state index contributed by atoms with van der Waals surface area (Å²) >= 11 is 0. The van der Waals surface area contributed by atoms with E-state index in [1.54, 1.807) is 0 Å². The van der Waals surface area contributed by atoms with E-state index in [-0.39, 0.29) is 11.7 Å². The Labute approximate surface area is 193 Å². The number of carbonyl (C=O) groups excluding carboxylic acids is 1. The first kappa shape index (κ1) is 25.2. The zero-order valence-electron chi connectivity index (χ0n) is 19.9. The van der Waals surface area contributed by atoms with Crippen LogP contribution < -0.4 is 4.74 Å². The summed E-state index contributed by atoms with van der Waals surface area (Å²) in [5.41, 5.74) is 0. The molecule has 0 N–H and O–H groups in total. The first-order valence-corrected chi connectivity index (χ1v) is 13.2. The molecule has 2 aliphatic carbocycles. The summed E-state index contributed by atoms with van der Waals surface area (Å²) in [7, 11) is 0. The van der Waals surface area contributed by atoms with Gasteiger partial charge in [-0.05, 0) is 67.9 Å². The van der Waals surface area contributed by atoms with Gasteiger partial charge in [0.2, 0.25) is 0 Å². The van der Waals surface area contributed by atoms with E-state index >= 15 is 0 Å². The van der Waals surface area contributed by atoms with Crippen LogP contribution in [-0.4, -0.2) is 5.97 Å². The third-order valence-electron chi connectivity index (χ3n) is 8.04. The number of halogens is 2. The van der Waals surface area contributed by atoms with E-state index in [4.69, 9.17) is 4.74 Å². The molecule has 180 valence electrons. The maximum Gasteiger partial charge on any atom is 0.311 e. The lowest BCUT2D eigenvalue weighted by atomic mass is 9.68. The van der Waals surface area contributed by atoms with Crippen molar-refractivity contribution in [1.29, 1.82) is 0 Å². The second kappa shape index (κ2) is 13.3. The van der Waals surface area contributed by atoms with E-state index in [1.165, 1.54) is 96.0 Å². The van der Waals surface area contributed by atoms with Gasteiger partial charge in [0.1, 0.15) is 5.75 Å². The fourth-order valence-corrected chi connectivity index (χ4v) is 5.98. The van der Waals surface area contributed by atoms with Crippen LogP contribution in [-0.2, 0) is 4.79 Å². The SMILES string of the molecule is CCCCCCCC1CCC(C2CCC(CCC(=O)Oc3ccc(F)c(F)c3)CC2)CC1. The molecule has 0 aromatic heterocycles. The average molecular weight is 449 g/mol. The maximum absolute atomic E-state index is 13.2. The number of benzene rings is 1. The first-order valence-electron chi connectivity index (χ1n) is 13.2. The third-order valence-corrected chi connectivity index (χ3v) is 8.04. The van der Waals surface area contributed by atoms with E-state index in [0.717, 1.165) is 36.3 Å². The Morgan fingerprint density at radius 2 is 1.41 bits per heavy atom. The molecule has 0 heterocycles. The van der Waals surface area contributed by atoms with Gasteiger partial charge in [0.25, 0.3) is 0 Å². The van der Waals surface area contributed by atoms with Crippen LogP contribution >= 0.6 is 0 Å². The van der Waals surface area contributed by atoms with E-state index < -0.39 is 11.6 Å². The van der Waals surface area contributed by atoms with Gasteiger partial charge in [-0.3, -0.25) is 4.79 Å². The minimum atomic E-state index is -0.991. The molecule has 1 aromatic rings. The highest BCUT2D eigenvalue weighted by molar-refractivity contribution is 5.72. The molecule has 4 heteroatoms. The van der Waals surface area contributed by atoms with Crippen LogP contribution in [0.3, 0.4) is 0 Å². The summed E-state index contributed by atoms with van der Waals surface area (Å²) in [6, 6.07) is 3.21. The monoisotopic (exact) mass is 448 g/mol. The summed E-state index contributed by atoms with van der Waals surface area (Å²) in [4.78, 5) is 12.1. The molecule has 0 unspecified atom stereocenters. The van der Waals surface area contributed by atoms with Crippen LogP contribution in [0.15, 0.2) is 18.2 Å². The van der Waals surface area contributed by atoms with Gasteiger partial charge in [-0.15, -0.1) is 0 Å². The molecule has 3 rings (SSSR count). The minimum Gasteiger partial charge on any atom is -0.426 e. The quantitative estimate of drug-likeness (QED) is 0.192. The highest BCUT2D eigenvalue weighted by Gasteiger charge is 2.30. The number of ether oxygens (including phenoxy) is 1. The number of esters is 1. The molecule has 0 radical (unpaired) electrons. The van der Waals surface area contributed by atoms with Crippen molar-refractivity contribution in [2.75, 3.05) is 0 Å². The van der Waals surface area contributed by atoms with Crippen molar-refractivity contribution in [3.63, 3.8) is 0 Å². The van der Waals surface area contributed by atoms with Gasteiger partial charge in [0.05, 0.1) is 0 Å². The molecular weight excluding hydrogens is 406 g/mol. The Bertz CT molecular complexity index is 689. The lowest BCUT2D eigenvalue weighted by Gasteiger charge is -2.38. The van der Waals surface area contributed by atoms with Gasteiger partial charge < -0.3 is 4.74 Å². The van der Waals surface area contributed by atoms with Gasteiger partial charge in [0, 0.05) is 12.5 Å². The summed E-state index contributed by atoms with van der Waals surface area (Å²) in [6.07, 6.45) is 20.4. The molecule has 32 heavy (non-hydrogen) atoms. The van der Waals surface area contributed by atoms with E-state index in [1.807, 2.05) is 0 Å². The number of unbranched alkanes of at least 4 members (excludes halogenated alkanes) is 4. The average Bonchev–Trinajstić information content (AvgIpc) is 2.81. The van der Waals surface area contributed by atoms with Crippen molar-refractivity contribution in [2.24, 2.45) is 23.7 Å². The largest absolute Gasteiger partial charge is 0.426 e. The summed E-state index contributed by atoms with van der Waals surface area (Å²) < 4.78 is 31.4. The molecule has 0 spiro atoms. The molecule has 2 nitrogen and oxygen atoms in total. The molecule has 2 saturated carbocycles. The lowest BCUT2D eigenvalue weighted by Crippen LogP contribution is -2.26. The first-order chi connectivity index (χ1) is 15.5. The molecule has 0 atom stereocenters. The van der Waals surface area contributed by atoms with Gasteiger partial charge in [-0.2, -0.15) is 0 Å². The van der Waals surface area contributed by atoms with Crippen molar-refractivity contribution in [2.45, 2.75) is 110 Å². The van der Waals surface area contributed by atoms with Gasteiger partial charge >= 0.3 is 5.97 Å². The topological polar surface area (TPSA) is 26.3 Å². The Hall–Kier alpha value is -1.45. The van der Waals surface area contributed by atoms with Crippen LogP contribution in [0, 0.1) is 35.3 Å². The van der Waals surface area contributed by atoms with Crippen molar-refractivity contribution >= 4 is 5.97 Å². The zero-order chi connectivity index (χ0) is 22.8. The highest BCUT2D eigenvalue weighted by atomic mass is 19.2. The number of hydrogen-bond acceptors (Lipinski definition) is 2. The molecule has 2 aliphatic rings. The second-order valence-corrected chi connectivity index (χ2v) is 10.4. The van der Waals surface area contributed by atoms with Gasteiger partial charge in [0.15, 0.2) is 11.6 Å². The smallest absolute Gasteiger partial charge is 0.311 e. The Morgan fingerprint density at radius 1 is 0.812 bits per heavy atom. The second-order valence-electron chi connectivity index (χ2n) is 10.4. The van der Waals surface area contributed by atoms with Gasteiger partial charge in [-0.25, -0.2) is 8.78 Å². The van der Waals surface area contributed by atoms with Crippen molar-refractivity contribution in [3.05, 3.63) is 29.8 Å². The summed E-state index contributed by atoms with van der Waals surface area (Å²) in [5.74, 6) is 1.16. The van der Waals surface area contributed by atoms with Crippen LogP contribution in [0.25, 0.3) is 0 Å². The van der Waals surface area contributed by atoms with E-state index in [9.17, 15) is 13.6 Å². The highest BCUT2D eigenvalue weighted by Crippen LogP contribution is 2.43. The van der Waals surface area contributed by atoms with E-state index in [0.29, 0.717) is 12.3 Å². The number of carbonyl (C=O) groups is 1. The number of hydrogen-bond donors (Lipinski definition) is 0. The molecule has 0 aliphatic heterocycles. The molecule has 1 aromatic carbocycles. The van der Waals surface area contributed by atoms with Crippen molar-refractivity contribution in [1.82, 2.24) is 0 Å². The van der Waals surface area contributed by atoms with Gasteiger partial charge in [-0.1, -0.05) is 71.1 Å². The maximum atomic E-state index is 13.2. The summed E-state index contributed by atoms with van der Waals surface area (Å²) in [5, 5.41) is 0. The zero-order valence-corrected chi connectivity index (χ0v) is 19.9. The van der Waals surface area contributed by atoms with Crippen molar-refractivity contribution in [3.8, 4) is 5.75 Å². The molecule has 0 amide bonds. The molecule has 0 saturated heterocycles. The normalized spacial score (nSPS) is 26.1. The molecule has 2 fully saturated rings. The van der Waals surface area contributed by atoms with Crippen LogP contribution in [0.2, 0.25) is 0 Å². The Balaban J connectivity index is 1.27. The van der Waals surface area contributed by atoms with Crippen molar-refractivity contribution < 1.29 is 18.3 Å². The lowest BCUT2D eigenvalue weighted by molar-refractivity contribution is -0.134. The third kappa shape index (κ3) is 8.15. The Kier molecular flexibility index (Phi) is 10.5. The molecular formula is C28H42F2O2. The predicted molar refractivity (Wildman–Crippen MR) is 125 cm³/mol. The standard InChI is InChI=1S/C28H42F2O2/c1-2-3-4-5-6-7-21-8-13-23(14-9-21)24-15-10-22(11-16-24)12-19-28(31)32-25-17-18-26(29)27(30)20-25/h17-18,20-24H,2-16,19H2,1H3. The predicted octanol–water partition coefficient (Wildman–Crippen LogP) is 8.62. The number of rotatable bonds is 11. The summed E-state index contributed by atoms with van der Waals surface area (Å²) in [6.45, 7) is 2.28. The molecule has 0 bridgehead atoms. The van der Waals surface area contributed by atoms with Crippen LogP contribution in [0.4, 0.5) is 8.78 Å². The van der Waals surface area contributed by atoms with E-state index in [2.05, 4.69) is 6.92 Å². The Morgan fingerprint density at radius 3 is 2.00 bits per heavy atom. The fraction of sp³-hybridized carbons (Fsp3) is 0.750. The van der Waals surface area contributed by atoms with Crippen LogP contribution in [0.5, 0.6) is 5.75 Å². The fourth-order valence-electron chi connectivity index (χ4n) is 5.98. The minimum absolute atomic E-state index is 0.0779.